The Morgan fingerprint density at radius 2 is 1.68 bits per heavy atom. The Kier molecular flexibility index (Phi) is 6.56. The van der Waals surface area contributed by atoms with Gasteiger partial charge in [0.25, 0.3) is 5.91 Å². The van der Waals surface area contributed by atoms with E-state index in [1.54, 1.807) is 0 Å². The monoisotopic (exact) mass is 493 g/mol. The van der Waals surface area contributed by atoms with E-state index in [-0.39, 0.29) is 17.9 Å². The van der Waals surface area contributed by atoms with E-state index in [4.69, 9.17) is 0 Å². The second-order valence-corrected chi connectivity index (χ2v) is 10.9. The van der Waals surface area contributed by atoms with Crippen molar-refractivity contribution in [2.75, 3.05) is 26.2 Å². The molecule has 3 aromatic carbocycles. The third-order valence-electron chi connectivity index (χ3n) is 8.48. The molecule has 5 heteroatoms. The van der Waals surface area contributed by atoms with Crippen molar-refractivity contribution >= 4 is 11.8 Å². The molecule has 3 aliphatic heterocycles. The lowest BCUT2D eigenvalue weighted by Gasteiger charge is -2.45. The van der Waals surface area contributed by atoms with Gasteiger partial charge in [-0.05, 0) is 73.5 Å². The third-order valence-corrected chi connectivity index (χ3v) is 8.48. The predicted molar refractivity (Wildman–Crippen MR) is 145 cm³/mol. The molecule has 37 heavy (non-hydrogen) atoms. The summed E-state index contributed by atoms with van der Waals surface area (Å²) in [5.41, 5.74) is 6.56. The first-order valence-electron chi connectivity index (χ1n) is 13.6. The number of likely N-dealkylation sites (tertiary alicyclic amines) is 1. The zero-order valence-corrected chi connectivity index (χ0v) is 21.5. The Morgan fingerprint density at radius 1 is 0.919 bits per heavy atom. The first-order valence-corrected chi connectivity index (χ1v) is 13.6. The molecule has 3 aromatic rings. The predicted octanol–water partition coefficient (Wildman–Crippen LogP) is 4.86. The molecule has 2 amide bonds. The van der Waals surface area contributed by atoms with Gasteiger partial charge in [-0.2, -0.15) is 0 Å². The van der Waals surface area contributed by atoms with Gasteiger partial charge in [0.2, 0.25) is 5.91 Å². The lowest BCUT2D eigenvalue weighted by atomic mass is 9.75. The molecule has 190 valence electrons. The molecule has 0 radical (unpaired) electrons. The molecular weight excluding hydrogens is 458 g/mol. The number of piperidine rings is 1. The molecule has 3 aliphatic rings. The van der Waals surface area contributed by atoms with Gasteiger partial charge < -0.3 is 10.2 Å². The van der Waals surface area contributed by atoms with Crippen LogP contribution in [0.4, 0.5) is 0 Å². The zero-order valence-electron chi connectivity index (χ0n) is 21.5. The summed E-state index contributed by atoms with van der Waals surface area (Å²) in [6.45, 7) is 6.59. The van der Waals surface area contributed by atoms with Crippen LogP contribution in [0.5, 0.6) is 0 Å². The molecule has 5 nitrogen and oxygen atoms in total. The average Bonchev–Trinajstić information content (AvgIpc) is 2.93. The molecular formula is C32H35N3O2. The van der Waals surface area contributed by atoms with Crippen molar-refractivity contribution in [3.63, 3.8) is 0 Å². The van der Waals surface area contributed by atoms with E-state index in [1.807, 2.05) is 41.3 Å². The Balaban J connectivity index is 1.15. The number of nitrogens with one attached hydrogen (secondary N) is 1. The molecule has 2 unspecified atom stereocenters. The summed E-state index contributed by atoms with van der Waals surface area (Å²) in [5.74, 6) is 0.165. The van der Waals surface area contributed by atoms with Crippen LogP contribution in [0.25, 0.3) is 0 Å². The van der Waals surface area contributed by atoms with E-state index in [9.17, 15) is 9.59 Å². The van der Waals surface area contributed by atoms with E-state index in [2.05, 4.69) is 53.5 Å². The number of carbonyl (C=O) groups is 2. The molecule has 1 saturated heterocycles. The largest absolute Gasteiger partial charge is 0.355 e. The summed E-state index contributed by atoms with van der Waals surface area (Å²) >= 11 is 0. The summed E-state index contributed by atoms with van der Waals surface area (Å²) in [6, 6.07) is 24.5. The van der Waals surface area contributed by atoms with Crippen LogP contribution < -0.4 is 5.32 Å². The highest BCUT2D eigenvalue weighted by atomic mass is 16.2. The van der Waals surface area contributed by atoms with E-state index in [0.29, 0.717) is 24.6 Å². The number of amides is 2. The maximum absolute atomic E-state index is 13.9. The number of hydrogen-bond acceptors (Lipinski definition) is 3. The van der Waals surface area contributed by atoms with Crippen LogP contribution in [0.1, 0.15) is 63.0 Å². The molecule has 1 N–H and O–H groups in total. The highest BCUT2D eigenvalue weighted by Crippen LogP contribution is 2.45. The summed E-state index contributed by atoms with van der Waals surface area (Å²) in [7, 11) is 0. The normalized spacial score (nSPS) is 21.6. The topological polar surface area (TPSA) is 52.7 Å². The van der Waals surface area contributed by atoms with Gasteiger partial charge in [-0.15, -0.1) is 0 Å². The molecule has 0 spiro atoms. The smallest absolute Gasteiger partial charge is 0.254 e. The fraction of sp³-hybridized carbons (Fsp3) is 0.375. The van der Waals surface area contributed by atoms with Crippen molar-refractivity contribution in [3.8, 4) is 0 Å². The SMILES string of the molecule is Cc1cccc(CN2CCC(CNC(=O)C3c4ccccc4C(=O)N4CCc5ccccc5C34)CC2)c1. The second-order valence-electron chi connectivity index (χ2n) is 10.9. The zero-order chi connectivity index (χ0) is 25.4. The first-order chi connectivity index (χ1) is 18.1. The van der Waals surface area contributed by atoms with Crippen LogP contribution in [0, 0.1) is 12.8 Å². The third kappa shape index (κ3) is 4.69. The lowest BCUT2D eigenvalue weighted by molar-refractivity contribution is -0.124. The molecule has 6 rings (SSSR count). The van der Waals surface area contributed by atoms with Crippen molar-refractivity contribution in [1.29, 1.82) is 0 Å². The number of nitrogens with zero attached hydrogens (tertiary/aromatic N) is 2. The summed E-state index contributed by atoms with van der Waals surface area (Å²) in [5, 5.41) is 3.32. The Bertz CT molecular complexity index is 1310. The van der Waals surface area contributed by atoms with Gasteiger partial charge in [0.15, 0.2) is 0 Å². The summed E-state index contributed by atoms with van der Waals surface area (Å²) in [4.78, 5) is 31.7. The van der Waals surface area contributed by atoms with Gasteiger partial charge in [-0.3, -0.25) is 14.5 Å². The number of rotatable bonds is 5. The van der Waals surface area contributed by atoms with E-state index in [1.165, 1.54) is 16.7 Å². The number of fused-ring (bicyclic) bond motifs is 4. The summed E-state index contributed by atoms with van der Waals surface area (Å²) < 4.78 is 0. The molecule has 0 aromatic heterocycles. The van der Waals surface area contributed by atoms with Gasteiger partial charge in [0, 0.05) is 25.2 Å². The Hall–Kier alpha value is -3.44. The van der Waals surface area contributed by atoms with E-state index < -0.39 is 5.92 Å². The molecule has 1 fully saturated rings. The fourth-order valence-corrected chi connectivity index (χ4v) is 6.53. The lowest BCUT2D eigenvalue weighted by Crippen LogP contribution is -2.50. The quantitative estimate of drug-likeness (QED) is 0.552. The number of carbonyl (C=O) groups excluding carboxylic acids is 2. The van der Waals surface area contributed by atoms with E-state index in [0.717, 1.165) is 50.0 Å². The van der Waals surface area contributed by atoms with Gasteiger partial charge in [0.1, 0.15) is 0 Å². The Morgan fingerprint density at radius 3 is 2.49 bits per heavy atom. The molecule has 0 saturated carbocycles. The minimum atomic E-state index is -0.392. The highest BCUT2D eigenvalue weighted by molar-refractivity contribution is 6.01. The standard InChI is InChI=1S/C32H35N3O2/c1-22-7-6-8-24(19-22)21-34-16-13-23(14-17-34)20-33-31(36)29-27-11-4-5-12-28(27)32(37)35-18-15-25-9-2-3-10-26(25)30(29)35/h2-12,19,23,29-30H,13-18,20-21H2,1H3,(H,33,36). The van der Waals surface area contributed by atoms with Crippen molar-refractivity contribution in [1.82, 2.24) is 15.1 Å². The molecule has 2 atom stereocenters. The number of hydrogen-bond donors (Lipinski definition) is 1. The van der Waals surface area contributed by atoms with E-state index >= 15 is 0 Å². The van der Waals surface area contributed by atoms with Crippen molar-refractivity contribution < 1.29 is 9.59 Å². The van der Waals surface area contributed by atoms with Crippen molar-refractivity contribution in [2.24, 2.45) is 5.92 Å². The van der Waals surface area contributed by atoms with Crippen LogP contribution in [0.3, 0.4) is 0 Å². The molecule has 0 bridgehead atoms. The van der Waals surface area contributed by atoms with Gasteiger partial charge in [-0.25, -0.2) is 0 Å². The molecule has 0 aliphatic carbocycles. The fourth-order valence-electron chi connectivity index (χ4n) is 6.53. The van der Waals surface area contributed by atoms with Crippen LogP contribution in [-0.2, 0) is 17.8 Å². The first kappa shape index (κ1) is 23.9. The van der Waals surface area contributed by atoms with Crippen LogP contribution in [0.2, 0.25) is 0 Å². The minimum absolute atomic E-state index is 0.0360. The van der Waals surface area contributed by atoms with Gasteiger partial charge in [0.05, 0.1) is 12.0 Å². The van der Waals surface area contributed by atoms with Crippen molar-refractivity contribution in [2.45, 2.75) is 44.7 Å². The second kappa shape index (κ2) is 10.1. The molecule has 3 heterocycles. The number of benzene rings is 3. The number of aryl methyl sites for hydroxylation is 1. The van der Waals surface area contributed by atoms with Crippen molar-refractivity contribution in [3.05, 3.63) is 106 Å². The summed E-state index contributed by atoms with van der Waals surface area (Å²) in [6.07, 6.45) is 3.00. The maximum atomic E-state index is 13.9. The van der Waals surface area contributed by atoms with Crippen LogP contribution in [0.15, 0.2) is 72.8 Å². The average molecular weight is 494 g/mol. The van der Waals surface area contributed by atoms with Gasteiger partial charge in [-0.1, -0.05) is 72.3 Å². The highest BCUT2D eigenvalue weighted by Gasteiger charge is 2.46. The van der Waals surface area contributed by atoms with Gasteiger partial charge >= 0.3 is 0 Å². The maximum Gasteiger partial charge on any atom is 0.254 e. The Labute approximate surface area is 219 Å². The minimum Gasteiger partial charge on any atom is -0.355 e. The van der Waals surface area contributed by atoms with Crippen LogP contribution >= 0.6 is 0 Å². The van der Waals surface area contributed by atoms with Crippen LogP contribution in [-0.4, -0.2) is 47.8 Å².